The van der Waals surface area contributed by atoms with Gasteiger partial charge in [-0.1, -0.05) is 17.7 Å². The molecule has 0 amide bonds. The molecule has 16 heavy (non-hydrogen) atoms. The van der Waals surface area contributed by atoms with Crippen LogP contribution in [0.1, 0.15) is 24.8 Å². The van der Waals surface area contributed by atoms with Gasteiger partial charge in [-0.15, -0.1) is 0 Å². The molecule has 1 saturated carbocycles. The lowest BCUT2D eigenvalue weighted by molar-refractivity contribution is 0.265. The number of rotatable bonds is 3. The quantitative estimate of drug-likeness (QED) is 0.846. The Balaban J connectivity index is 2.10. The molecule has 1 aliphatic rings. The summed E-state index contributed by atoms with van der Waals surface area (Å²) in [5.41, 5.74) is 7.26. The van der Waals surface area contributed by atoms with Crippen LogP contribution in [0, 0.1) is 11.3 Å². The van der Waals surface area contributed by atoms with Gasteiger partial charge in [0.25, 0.3) is 0 Å². The molecule has 0 unspecified atom stereocenters. The third-order valence-electron chi connectivity index (χ3n) is 3.11. The molecule has 3 nitrogen and oxygen atoms in total. The lowest BCUT2D eigenvalue weighted by atomic mass is 9.78. The molecular weight excluding hydrogens is 222 g/mol. The van der Waals surface area contributed by atoms with E-state index in [0.717, 1.165) is 18.5 Å². The fourth-order valence-corrected chi connectivity index (χ4v) is 2.08. The van der Waals surface area contributed by atoms with Crippen LogP contribution in [-0.2, 0) is 0 Å². The van der Waals surface area contributed by atoms with Crippen molar-refractivity contribution in [3.8, 4) is 6.07 Å². The lowest BCUT2D eigenvalue weighted by Gasteiger charge is -2.38. The zero-order valence-corrected chi connectivity index (χ0v) is 9.72. The highest BCUT2D eigenvalue weighted by atomic mass is 35.5. The van der Waals surface area contributed by atoms with Gasteiger partial charge in [0, 0.05) is 12.1 Å². The van der Waals surface area contributed by atoms with Crippen molar-refractivity contribution in [2.75, 3.05) is 11.9 Å². The van der Waals surface area contributed by atoms with E-state index >= 15 is 0 Å². The summed E-state index contributed by atoms with van der Waals surface area (Å²) in [6, 6.07) is 7.50. The molecule has 84 valence electrons. The molecule has 0 heterocycles. The number of hydrogen-bond acceptors (Lipinski definition) is 3. The Kier molecular flexibility index (Phi) is 3.04. The molecule has 2 rings (SSSR count). The van der Waals surface area contributed by atoms with E-state index in [4.69, 9.17) is 22.6 Å². The molecule has 0 atom stereocenters. The van der Waals surface area contributed by atoms with E-state index in [1.54, 1.807) is 6.07 Å². The minimum absolute atomic E-state index is 0.102. The Morgan fingerprint density at radius 3 is 2.81 bits per heavy atom. The Morgan fingerprint density at radius 1 is 1.50 bits per heavy atom. The highest BCUT2D eigenvalue weighted by Crippen LogP contribution is 2.30. The average Bonchev–Trinajstić information content (AvgIpc) is 2.24. The summed E-state index contributed by atoms with van der Waals surface area (Å²) < 4.78 is 0. The van der Waals surface area contributed by atoms with E-state index in [9.17, 15) is 0 Å². The standard InChI is InChI=1S/C12H14ClN3/c13-10-3-1-4-11(9(10)7-14)16-8-12(15)5-2-6-12/h1,3-4,16H,2,5-6,8,15H2. The molecule has 0 aromatic heterocycles. The van der Waals surface area contributed by atoms with Crippen LogP contribution in [0.2, 0.25) is 5.02 Å². The Hall–Kier alpha value is -1.24. The summed E-state index contributed by atoms with van der Waals surface area (Å²) >= 11 is 5.93. The first kappa shape index (κ1) is 11.3. The third-order valence-corrected chi connectivity index (χ3v) is 3.42. The summed E-state index contributed by atoms with van der Waals surface area (Å²) in [6.07, 6.45) is 3.28. The first-order valence-corrected chi connectivity index (χ1v) is 5.74. The van der Waals surface area contributed by atoms with Crippen molar-refractivity contribution in [1.29, 1.82) is 5.26 Å². The highest BCUT2D eigenvalue weighted by Gasteiger charge is 2.32. The smallest absolute Gasteiger partial charge is 0.103 e. The Morgan fingerprint density at radius 2 is 2.25 bits per heavy atom. The molecule has 3 N–H and O–H groups in total. The predicted octanol–water partition coefficient (Wildman–Crippen LogP) is 2.50. The van der Waals surface area contributed by atoms with E-state index in [1.165, 1.54) is 6.42 Å². The van der Waals surface area contributed by atoms with Crippen LogP contribution >= 0.6 is 11.6 Å². The van der Waals surface area contributed by atoms with Crippen molar-refractivity contribution in [3.63, 3.8) is 0 Å². The number of benzene rings is 1. The van der Waals surface area contributed by atoms with E-state index < -0.39 is 0 Å². The van der Waals surface area contributed by atoms with Crippen molar-refractivity contribution >= 4 is 17.3 Å². The zero-order valence-electron chi connectivity index (χ0n) is 8.96. The van der Waals surface area contributed by atoms with Gasteiger partial charge in [0.1, 0.15) is 6.07 Å². The molecule has 0 saturated heterocycles. The van der Waals surface area contributed by atoms with Gasteiger partial charge in [0.05, 0.1) is 16.3 Å². The summed E-state index contributed by atoms with van der Waals surface area (Å²) in [7, 11) is 0. The fourth-order valence-electron chi connectivity index (χ4n) is 1.86. The molecule has 1 aromatic rings. The van der Waals surface area contributed by atoms with Gasteiger partial charge in [-0.2, -0.15) is 5.26 Å². The van der Waals surface area contributed by atoms with E-state index in [2.05, 4.69) is 11.4 Å². The second kappa shape index (κ2) is 4.32. The van der Waals surface area contributed by atoms with Gasteiger partial charge < -0.3 is 11.1 Å². The molecule has 4 heteroatoms. The molecule has 0 bridgehead atoms. The van der Waals surface area contributed by atoms with Crippen LogP contribution in [0.4, 0.5) is 5.69 Å². The molecule has 1 aliphatic carbocycles. The molecule has 1 fully saturated rings. The topological polar surface area (TPSA) is 61.8 Å². The monoisotopic (exact) mass is 235 g/mol. The summed E-state index contributed by atoms with van der Waals surface area (Å²) in [5, 5.41) is 12.7. The summed E-state index contributed by atoms with van der Waals surface area (Å²) in [6.45, 7) is 0.696. The first-order valence-electron chi connectivity index (χ1n) is 5.36. The van der Waals surface area contributed by atoms with E-state index in [-0.39, 0.29) is 5.54 Å². The Bertz CT molecular complexity index is 432. The molecule has 0 spiro atoms. The van der Waals surface area contributed by atoms with Crippen LogP contribution in [0.25, 0.3) is 0 Å². The maximum absolute atomic E-state index is 8.99. The number of hydrogen-bond donors (Lipinski definition) is 2. The van der Waals surface area contributed by atoms with Crippen LogP contribution in [-0.4, -0.2) is 12.1 Å². The van der Waals surface area contributed by atoms with Crippen molar-refractivity contribution in [3.05, 3.63) is 28.8 Å². The maximum atomic E-state index is 8.99. The van der Waals surface area contributed by atoms with Crippen LogP contribution in [0.15, 0.2) is 18.2 Å². The fraction of sp³-hybridized carbons (Fsp3) is 0.417. The SMILES string of the molecule is N#Cc1c(Cl)cccc1NCC1(N)CCC1. The number of halogens is 1. The number of nitrogens with zero attached hydrogens (tertiary/aromatic N) is 1. The van der Waals surface area contributed by atoms with Gasteiger partial charge >= 0.3 is 0 Å². The van der Waals surface area contributed by atoms with Gasteiger partial charge in [0.15, 0.2) is 0 Å². The Labute approximate surface area is 100 Å². The molecule has 0 radical (unpaired) electrons. The van der Waals surface area contributed by atoms with Gasteiger partial charge in [-0.05, 0) is 31.4 Å². The summed E-state index contributed by atoms with van der Waals surface area (Å²) in [4.78, 5) is 0. The van der Waals surface area contributed by atoms with Gasteiger partial charge in [-0.3, -0.25) is 0 Å². The zero-order chi connectivity index (χ0) is 11.6. The second-order valence-electron chi connectivity index (χ2n) is 4.34. The van der Waals surface area contributed by atoms with E-state index in [0.29, 0.717) is 17.1 Å². The normalized spacial score (nSPS) is 17.3. The number of nitrogens with one attached hydrogen (secondary N) is 1. The first-order chi connectivity index (χ1) is 7.64. The van der Waals surface area contributed by atoms with Crippen molar-refractivity contribution in [2.45, 2.75) is 24.8 Å². The van der Waals surface area contributed by atoms with Crippen LogP contribution in [0.5, 0.6) is 0 Å². The number of nitriles is 1. The maximum Gasteiger partial charge on any atom is 0.103 e. The van der Waals surface area contributed by atoms with Crippen LogP contribution < -0.4 is 11.1 Å². The molecule has 1 aromatic carbocycles. The lowest BCUT2D eigenvalue weighted by Crippen LogP contribution is -2.52. The van der Waals surface area contributed by atoms with Crippen LogP contribution in [0.3, 0.4) is 0 Å². The third kappa shape index (κ3) is 2.13. The molecular formula is C12H14ClN3. The second-order valence-corrected chi connectivity index (χ2v) is 4.75. The van der Waals surface area contributed by atoms with Crippen molar-refractivity contribution in [2.24, 2.45) is 5.73 Å². The van der Waals surface area contributed by atoms with Crippen molar-refractivity contribution in [1.82, 2.24) is 0 Å². The largest absolute Gasteiger partial charge is 0.382 e. The summed E-state index contributed by atoms with van der Waals surface area (Å²) in [5.74, 6) is 0. The number of anilines is 1. The minimum Gasteiger partial charge on any atom is -0.382 e. The predicted molar refractivity (Wildman–Crippen MR) is 65.4 cm³/mol. The number of nitrogens with two attached hydrogens (primary N) is 1. The van der Waals surface area contributed by atoms with Gasteiger partial charge in [-0.25, -0.2) is 0 Å². The highest BCUT2D eigenvalue weighted by molar-refractivity contribution is 6.32. The van der Waals surface area contributed by atoms with E-state index in [1.807, 2.05) is 12.1 Å². The van der Waals surface area contributed by atoms with Crippen molar-refractivity contribution < 1.29 is 0 Å². The average molecular weight is 236 g/mol. The van der Waals surface area contributed by atoms with Gasteiger partial charge in [0.2, 0.25) is 0 Å². The molecule has 0 aliphatic heterocycles. The minimum atomic E-state index is -0.102.